The topological polar surface area (TPSA) is 57.7 Å². The van der Waals surface area contributed by atoms with E-state index in [1.165, 1.54) is 10.6 Å². The first-order chi connectivity index (χ1) is 9.30. The van der Waals surface area contributed by atoms with Gasteiger partial charge in [-0.1, -0.05) is 6.92 Å². The Morgan fingerprint density at radius 3 is 2.30 bits per heavy atom. The van der Waals surface area contributed by atoms with Gasteiger partial charge < -0.3 is 4.90 Å². The minimum absolute atomic E-state index is 0.0209. The molecule has 116 valence electrons. The van der Waals surface area contributed by atoms with Crippen LogP contribution in [-0.4, -0.2) is 55.5 Å². The molecule has 5 nitrogen and oxygen atoms in total. The molecule has 2 aliphatic rings. The van der Waals surface area contributed by atoms with Crippen LogP contribution >= 0.6 is 0 Å². The predicted molar refractivity (Wildman–Crippen MR) is 78.8 cm³/mol. The van der Waals surface area contributed by atoms with Crippen molar-refractivity contribution in [3.05, 3.63) is 0 Å². The molecule has 1 atom stereocenters. The highest BCUT2D eigenvalue weighted by Crippen LogP contribution is 2.29. The van der Waals surface area contributed by atoms with Crippen molar-refractivity contribution in [2.24, 2.45) is 5.92 Å². The van der Waals surface area contributed by atoms with Crippen LogP contribution < -0.4 is 0 Å². The van der Waals surface area contributed by atoms with E-state index in [1.807, 2.05) is 7.05 Å². The molecule has 1 heterocycles. The molecular formula is C14H26N2O3S. The summed E-state index contributed by atoms with van der Waals surface area (Å²) in [5, 5.41) is 0. The van der Waals surface area contributed by atoms with Gasteiger partial charge in [0.25, 0.3) is 0 Å². The minimum atomic E-state index is -3.28. The molecule has 0 bridgehead atoms. The first kappa shape index (κ1) is 15.8. The van der Waals surface area contributed by atoms with Gasteiger partial charge >= 0.3 is 0 Å². The average Bonchev–Trinajstić information content (AvgIpc) is 2.87. The highest BCUT2D eigenvalue weighted by molar-refractivity contribution is 7.88. The van der Waals surface area contributed by atoms with Crippen LogP contribution in [0.15, 0.2) is 0 Å². The van der Waals surface area contributed by atoms with Crippen LogP contribution in [0.2, 0.25) is 0 Å². The minimum Gasteiger partial charge on any atom is -0.341 e. The molecule has 20 heavy (non-hydrogen) atoms. The van der Waals surface area contributed by atoms with E-state index in [2.05, 4.69) is 6.92 Å². The molecule has 0 aromatic rings. The Morgan fingerprint density at radius 2 is 1.75 bits per heavy atom. The van der Waals surface area contributed by atoms with E-state index in [4.69, 9.17) is 0 Å². The molecule has 1 saturated carbocycles. The van der Waals surface area contributed by atoms with E-state index in [9.17, 15) is 13.2 Å². The molecule has 6 heteroatoms. The summed E-state index contributed by atoms with van der Waals surface area (Å²) in [6.07, 6.45) is 7.01. The maximum Gasteiger partial charge on any atom is 0.241 e. The highest BCUT2D eigenvalue weighted by Gasteiger charge is 2.39. The second-order valence-electron chi connectivity index (χ2n) is 6.39. The maximum absolute atomic E-state index is 12.6. The van der Waals surface area contributed by atoms with E-state index in [0.29, 0.717) is 13.0 Å². The number of rotatable bonds is 3. The quantitative estimate of drug-likeness (QED) is 0.793. The van der Waals surface area contributed by atoms with Gasteiger partial charge in [0.05, 0.1) is 6.26 Å². The third kappa shape index (κ3) is 3.34. The van der Waals surface area contributed by atoms with Crippen molar-refractivity contribution in [3.63, 3.8) is 0 Å². The Kier molecular flexibility index (Phi) is 4.74. The average molecular weight is 302 g/mol. The Bertz CT molecular complexity index is 455. The summed E-state index contributed by atoms with van der Waals surface area (Å²) in [6, 6.07) is -0.199. The highest BCUT2D eigenvalue weighted by atomic mass is 32.2. The van der Waals surface area contributed by atoms with Crippen LogP contribution in [0.1, 0.15) is 45.4 Å². The van der Waals surface area contributed by atoms with E-state index in [0.717, 1.165) is 38.0 Å². The van der Waals surface area contributed by atoms with Crippen LogP contribution in [0, 0.1) is 5.92 Å². The van der Waals surface area contributed by atoms with Crippen LogP contribution in [0.5, 0.6) is 0 Å². The van der Waals surface area contributed by atoms with Gasteiger partial charge in [0.1, 0.15) is 6.04 Å². The molecule has 0 radical (unpaired) electrons. The molecular weight excluding hydrogens is 276 g/mol. The van der Waals surface area contributed by atoms with Gasteiger partial charge in [0, 0.05) is 19.6 Å². The van der Waals surface area contributed by atoms with E-state index in [-0.39, 0.29) is 11.9 Å². The van der Waals surface area contributed by atoms with E-state index < -0.39 is 16.1 Å². The molecule has 1 aliphatic heterocycles. The van der Waals surface area contributed by atoms with Gasteiger partial charge in [-0.2, -0.15) is 4.31 Å². The zero-order valence-electron chi connectivity index (χ0n) is 12.7. The van der Waals surface area contributed by atoms with Crippen molar-refractivity contribution in [2.45, 2.75) is 57.5 Å². The lowest BCUT2D eigenvalue weighted by Gasteiger charge is -2.36. The number of likely N-dealkylation sites (N-methyl/N-ethyl adjacent to an activating group) is 1. The molecule has 0 spiro atoms. The summed E-state index contributed by atoms with van der Waals surface area (Å²) in [6.45, 7) is 2.73. The SMILES string of the molecule is CC1CCC(N(C)C(=O)C2CCCN2S(C)(=O)=O)CC1. The lowest BCUT2D eigenvalue weighted by Crippen LogP contribution is -2.49. The van der Waals surface area contributed by atoms with Gasteiger partial charge in [-0.05, 0) is 44.4 Å². The van der Waals surface area contributed by atoms with Crippen molar-refractivity contribution in [2.75, 3.05) is 19.8 Å². The van der Waals surface area contributed by atoms with Crippen LogP contribution in [0.25, 0.3) is 0 Å². The molecule has 2 rings (SSSR count). The normalized spacial score (nSPS) is 32.2. The second kappa shape index (κ2) is 6.02. The number of sulfonamides is 1. The van der Waals surface area contributed by atoms with Crippen LogP contribution in [0.3, 0.4) is 0 Å². The zero-order chi connectivity index (χ0) is 14.9. The molecule has 0 aromatic carbocycles. The first-order valence-electron chi connectivity index (χ1n) is 7.54. The summed E-state index contributed by atoms with van der Waals surface area (Å²) in [4.78, 5) is 14.4. The first-order valence-corrected chi connectivity index (χ1v) is 9.39. The van der Waals surface area contributed by atoms with Crippen molar-refractivity contribution in [1.29, 1.82) is 0 Å². The van der Waals surface area contributed by atoms with E-state index >= 15 is 0 Å². The summed E-state index contributed by atoms with van der Waals surface area (Å²) in [5.74, 6) is 0.723. The van der Waals surface area contributed by atoms with E-state index in [1.54, 1.807) is 4.90 Å². The molecule has 1 aliphatic carbocycles. The van der Waals surface area contributed by atoms with Gasteiger partial charge in [-0.3, -0.25) is 4.79 Å². The smallest absolute Gasteiger partial charge is 0.241 e. The third-order valence-electron chi connectivity index (χ3n) is 4.80. The van der Waals surface area contributed by atoms with Crippen molar-refractivity contribution in [1.82, 2.24) is 9.21 Å². The summed E-state index contributed by atoms with van der Waals surface area (Å²) in [5.41, 5.74) is 0. The van der Waals surface area contributed by atoms with Gasteiger partial charge in [-0.25, -0.2) is 8.42 Å². The fraction of sp³-hybridized carbons (Fsp3) is 0.929. The Balaban J connectivity index is 2.03. The maximum atomic E-state index is 12.6. The Labute approximate surface area is 122 Å². The number of nitrogens with zero attached hydrogens (tertiary/aromatic N) is 2. The molecule has 1 amide bonds. The zero-order valence-corrected chi connectivity index (χ0v) is 13.5. The van der Waals surface area contributed by atoms with Crippen LogP contribution in [0.4, 0.5) is 0 Å². The lowest BCUT2D eigenvalue weighted by atomic mass is 9.86. The number of hydrogen-bond donors (Lipinski definition) is 0. The summed E-state index contributed by atoms with van der Waals surface area (Å²) >= 11 is 0. The monoisotopic (exact) mass is 302 g/mol. The molecule has 1 saturated heterocycles. The largest absolute Gasteiger partial charge is 0.341 e. The Hall–Kier alpha value is -0.620. The summed E-state index contributed by atoms with van der Waals surface area (Å²) in [7, 11) is -1.45. The molecule has 0 aromatic heterocycles. The fourth-order valence-corrected chi connectivity index (χ4v) is 4.55. The molecule has 1 unspecified atom stereocenters. The summed E-state index contributed by atoms with van der Waals surface area (Å²) < 4.78 is 24.9. The van der Waals surface area contributed by atoms with Gasteiger partial charge in [0.15, 0.2) is 0 Å². The number of hydrogen-bond acceptors (Lipinski definition) is 3. The van der Waals surface area contributed by atoms with Gasteiger partial charge in [-0.15, -0.1) is 0 Å². The van der Waals surface area contributed by atoms with Gasteiger partial charge in [0.2, 0.25) is 15.9 Å². The number of carbonyl (C=O) groups is 1. The predicted octanol–water partition coefficient (Wildman–Crippen LogP) is 1.45. The molecule has 0 N–H and O–H groups in total. The lowest BCUT2D eigenvalue weighted by molar-refractivity contribution is -0.136. The number of amides is 1. The number of carbonyl (C=O) groups excluding carboxylic acids is 1. The van der Waals surface area contributed by atoms with Crippen LogP contribution in [-0.2, 0) is 14.8 Å². The van der Waals surface area contributed by atoms with Crippen molar-refractivity contribution in [3.8, 4) is 0 Å². The molecule has 2 fully saturated rings. The standard InChI is InChI=1S/C14H26N2O3S/c1-11-6-8-12(9-7-11)15(2)14(17)13-5-4-10-16(13)20(3,18)19/h11-13H,4-10H2,1-3H3. The van der Waals surface area contributed by atoms with Crippen molar-refractivity contribution >= 4 is 15.9 Å². The second-order valence-corrected chi connectivity index (χ2v) is 8.33. The third-order valence-corrected chi connectivity index (χ3v) is 6.08. The fourth-order valence-electron chi connectivity index (χ4n) is 3.43. The van der Waals surface area contributed by atoms with Crippen molar-refractivity contribution < 1.29 is 13.2 Å². The Morgan fingerprint density at radius 1 is 1.15 bits per heavy atom.